The molecule has 0 saturated carbocycles. The van der Waals surface area contributed by atoms with Crippen LogP contribution >= 0.6 is 0 Å². The largest absolute Gasteiger partial charge is 0.491 e. The van der Waals surface area contributed by atoms with Crippen LogP contribution in [0.4, 0.5) is 5.69 Å². The van der Waals surface area contributed by atoms with Crippen LogP contribution in [0, 0.1) is 0 Å². The Hall–Kier alpha value is -1.31. The quantitative estimate of drug-likeness (QED) is 0.625. The van der Waals surface area contributed by atoms with Gasteiger partial charge in [-0.3, -0.25) is 4.99 Å². The van der Waals surface area contributed by atoms with Crippen molar-refractivity contribution in [3.63, 3.8) is 0 Å². The first-order chi connectivity index (χ1) is 5.88. The second kappa shape index (κ2) is 4.54. The summed E-state index contributed by atoms with van der Waals surface area (Å²) in [5, 5.41) is 0. The van der Waals surface area contributed by atoms with Gasteiger partial charge in [0, 0.05) is 0 Å². The van der Waals surface area contributed by atoms with Crippen LogP contribution in [0.3, 0.4) is 0 Å². The molecule has 0 unspecified atom stereocenters. The van der Waals surface area contributed by atoms with Crippen LogP contribution < -0.4 is 4.74 Å². The van der Waals surface area contributed by atoms with Crippen molar-refractivity contribution in [3.05, 3.63) is 24.3 Å². The van der Waals surface area contributed by atoms with Crippen molar-refractivity contribution in [2.24, 2.45) is 4.99 Å². The maximum Gasteiger partial charge on any atom is 0.144 e. The van der Waals surface area contributed by atoms with Crippen LogP contribution in [-0.4, -0.2) is 13.3 Å². The fourth-order valence-corrected chi connectivity index (χ4v) is 0.922. The third-order valence-electron chi connectivity index (χ3n) is 1.50. The van der Waals surface area contributed by atoms with Crippen LogP contribution in [0.2, 0.25) is 0 Å². The number of nitrogens with zero attached hydrogens (tertiary/aromatic N) is 1. The van der Waals surface area contributed by atoms with E-state index < -0.39 is 0 Å². The lowest BCUT2D eigenvalue weighted by atomic mass is 10.3. The average molecular weight is 163 g/mol. The van der Waals surface area contributed by atoms with Gasteiger partial charge in [-0.25, -0.2) is 0 Å². The van der Waals surface area contributed by atoms with Gasteiger partial charge >= 0.3 is 0 Å². The molecule has 12 heavy (non-hydrogen) atoms. The van der Waals surface area contributed by atoms with Crippen molar-refractivity contribution in [1.82, 2.24) is 0 Å². The molecule has 0 aliphatic heterocycles. The van der Waals surface area contributed by atoms with E-state index in [9.17, 15) is 0 Å². The summed E-state index contributed by atoms with van der Waals surface area (Å²) in [7, 11) is 0. The monoisotopic (exact) mass is 163 g/mol. The topological polar surface area (TPSA) is 21.6 Å². The molecule has 2 nitrogen and oxygen atoms in total. The number of hydrogen-bond acceptors (Lipinski definition) is 2. The third-order valence-corrected chi connectivity index (χ3v) is 1.50. The molecule has 0 amide bonds. The first-order valence-electron chi connectivity index (χ1n) is 4.07. The number of para-hydroxylation sites is 2. The summed E-state index contributed by atoms with van der Waals surface area (Å²) in [5.41, 5.74) is 0.811. The predicted molar refractivity (Wildman–Crippen MR) is 51.4 cm³/mol. The fourth-order valence-electron chi connectivity index (χ4n) is 0.922. The highest BCUT2D eigenvalue weighted by molar-refractivity contribution is 5.55. The summed E-state index contributed by atoms with van der Waals surface area (Å²) in [4.78, 5) is 3.85. The summed E-state index contributed by atoms with van der Waals surface area (Å²) in [5.74, 6) is 0.814. The highest BCUT2D eigenvalue weighted by Crippen LogP contribution is 2.25. The lowest BCUT2D eigenvalue weighted by Gasteiger charge is -2.05. The smallest absolute Gasteiger partial charge is 0.144 e. The molecule has 2 heteroatoms. The third kappa shape index (κ3) is 2.09. The maximum absolute atomic E-state index is 5.44. The van der Waals surface area contributed by atoms with Crippen molar-refractivity contribution in [2.45, 2.75) is 13.3 Å². The lowest BCUT2D eigenvalue weighted by molar-refractivity contribution is 0.318. The Kier molecular flexibility index (Phi) is 3.33. The van der Waals surface area contributed by atoms with Gasteiger partial charge in [0.15, 0.2) is 0 Å². The molecule has 0 aliphatic carbocycles. The van der Waals surface area contributed by atoms with Crippen molar-refractivity contribution in [3.8, 4) is 5.75 Å². The zero-order valence-electron chi connectivity index (χ0n) is 7.29. The van der Waals surface area contributed by atoms with E-state index in [1.165, 1.54) is 0 Å². The highest BCUT2D eigenvalue weighted by Gasteiger charge is 1.97. The number of benzene rings is 1. The summed E-state index contributed by atoms with van der Waals surface area (Å²) in [6, 6.07) is 7.64. The van der Waals surface area contributed by atoms with E-state index in [0.717, 1.165) is 24.5 Å². The van der Waals surface area contributed by atoms with Crippen LogP contribution in [-0.2, 0) is 0 Å². The highest BCUT2D eigenvalue weighted by atomic mass is 16.5. The molecule has 0 heterocycles. The predicted octanol–water partition coefficient (Wildman–Crippen LogP) is 2.81. The second-order valence-electron chi connectivity index (χ2n) is 2.47. The van der Waals surface area contributed by atoms with Gasteiger partial charge in [0.2, 0.25) is 0 Å². The normalized spacial score (nSPS) is 9.42. The molecule has 1 rings (SSSR count). The van der Waals surface area contributed by atoms with E-state index in [1.807, 2.05) is 24.3 Å². The van der Waals surface area contributed by atoms with E-state index in [-0.39, 0.29) is 0 Å². The molecule has 0 aliphatic rings. The molecular weight excluding hydrogens is 150 g/mol. The van der Waals surface area contributed by atoms with E-state index in [1.54, 1.807) is 0 Å². The minimum atomic E-state index is 0.729. The molecule has 0 atom stereocenters. The van der Waals surface area contributed by atoms with Gasteiger partial charge < -0.3 is 4.74 Å². The number of aliphatic imine (C=N–C) groups is 1. The summed E-state index contributed by atoms with van der Waals surface area (Å²) in [6.07, 6.45) is 1.01. The average Bonchev–Trinajstić information content (AvgIpc) is 2.15. The first kappa shape index (κ1) is 8.78. The summed E-state index contributed by atoms with van der Waals surface area (Å²) < 4.78 is 5.44. The van der Waals surface area contributed by atoms with Gasteiger partial charge in [-0.2, -0.15) is 0 Å². The molecule has 0 N–H and O–H groups in total. The zero-order chi connectivity index (χ0) is 8.81. The van der Waals surface area contributed by atoms with Gasteiger partial charge in [-0.05, 0) is 25.3 Å². The number of hydrogen-bond donors (Lipinski definition) is 0. The summed E-state index contributed by atoms with van der Waals surface area (Å²) in [6.45, 7) is 6.27. The first-order valence-corrected chi connectivity index (χ1v) is 4.07. The Morgan fingerprint density at radius 2 is 2.17 bits per heavy atom. The Balaban J connectivity index is 2.75. The Morgan fingerprint density at radius 1 is 1.42 bits per heavy atom. The molecule has 0 saturated heterocycles. The van der Waals surface area contributed by atoms with Crippen LogP contribution in [0.5, 0.6) is 5.75 Å². The molecule has 0 aromatic heterocycles. The molecule has 1 aromatic rings. The van der Waals surface area contributed by atoms with Crippen molar-refractivity contribution >= 4 is 12.4 Å². The standard InChI is InChI=1S/C10H13NO/c1-3-8-12-10-7-5-4-6-9(10)11-2/h4-7H,2-3,8H2,1H3. The fraction of sp³-hybridized carbons (Fsp3) is 0.300. The van der Waals surface area contributed by atoms with E-state index in [4.69, 9.17) is 4.74 Å². The van der Waals surface area contributed by atoms with E-state index in [2.05, 4.69) is 18.6 Å². The lowest BCUT2D eigenvalue weighted by Crippen LogP contribution is -1.94. The number of rotatable bonds is 4. The maximum atomic E-state index is 5.44. The van der Waals surface area contributed by atoms with Gasteiger partial charge in [-0.15, -0.1) is 0 Å². The van der Waals surface area contributed by atoms with Crippen LogP contribution in [0.15, 0.2) is 29.3 Å². The molecular formula is C10H13NO. The second-order valence-corrected chi connectivity index (χ2v) is 2.47. The van der Waals surface area contributed by atoms with E-state index in [0.29, 0.717) is 0 Å². The minimum absolute atomic E-state index is 0.729. The molecule has 64 valence electrons. The molecule has 0 bridgehead atoms. The van der Waals surface area contributed by atoms with Crippen molar-refractivity contribution in [1.29, 1.82) is 0 Å². The summed E-state index contributed by atoms with van der Waals surface area (Å²) >= 11 is 0. The zero-order valence-corrected chi connectivity index (χ0v) is 7.29. The molecule has 1 aromatic carbocycles. The van der Waals surface area contributed by atoms with Gasteiger partial charge in [0.05, 0.1) is 6.61 Å². The van der Waals surface area contributed by atoms with Gasteiger partial charge in [0.25, 0.3) is 0 Å². The Labute approximate surface area is 72.9 Å². The van der Waals surface area contributed by atoms with Crippen molar-refractivity contribution in [2.75, 3.05) is 6.61 Å². The van der Waals surface area contributed by atoms with Crippen LogP contribution in [0.1, 0.15) is 13.3 Å². The van der Waals surface area contributed by atoms with Gasteiger partial charge in [-0.1, -0.05) is 19.1 Å². The Morgan fingerprint density at radius 3 is 2.83 bits per heavy atom. The molecule has 0 radical (unpaired) electrons. The van der Waals surface area contributed by atoms with Crippen LogP contribution in [0.25, 0.3) is 0 Å². The van der Waals surface area contributed by atoms with Gasteiger partial charge in [0.1, 0.15) is 11.4 Å². The van der Waals surface area contributed by atoms with Crippen molar-refractivity contribution < 1.29 is 4.74 Å². The molecule has 0 fully saturated rings. The SMILES string of the molecule is C=Nc1ccccc1OCCC. The Bertz CT molecular complexity index is 258. The number of ether oxygens (including phenoxy) is 1. The van der Waals surface area contributed by atoms with E-state index >= 15 is 0 Å². The molecule has 0 spiro atoms. The minimum Gasteiger partial charge on any atom is -0.491 e.